The number of hydrogen-bond donors (Lipinski definition) is 2. The Morgan fingerprint density at radius 1 is 0.525 bits per heavy atom. The van der Waals surface area contributed by atoms with Gasteiger partial charge in [-0.1, -0.05) is 76.3 Å². The molecule has 4 saturated heterocycles. The molecule has 6 aliphatic rings. The summed E-state index contributed by atoms with van der Waals surface area (Å²) >= 11 is 0. The third-order valence-electron chi connectivity index (χ3n) is 13.5. The molecule has 0 radical (unpaired) electrons. The highest BCUT2D eigenvalue weighted by atomic mass is 17.0. The lowest BCUT2D eigenvalue weighted by Crippen LogP contribution is -2.59. The number of allylic oxidation sites excluding steroid dienone is 8. The Labute approximate surface area is 360 Å². The first kappa shape index (κ1) is 47.5. The van der Waals surface area contributed by atoms with Crippen molar-refractivity contribution in [3.63, 3.8) is 0 Å². The van der Waals surface area contributed by atoms with Crippen LogP contribution in [0.25, 0.3) is 0 Å². The van der Waals surface area contributed by atoms with Crippen LogP contribution in [0.5, 0.6) is 0 Å². The number of rotatable bonds is 0. The van der Waals surface area contributed by atoms with Crippen LogP contribution in [0.3, 0.4) is 0 Å². The third kappa shape index (κ3) is 11.0. The molecular weight excluding hydrogens is 787 g/mol. The lowest BCUT2D eigenvalue weighted by molar-refractivity contribution is -0.294. The lowest BCUT2D eigenvalue weighted by Gasteiger charge is -2.49. The standard InChI is InChI=1S/C46H68BO14/c1-29-23-25-39-33(5)37(50)27-35(48)21-17-13-10-8-12-16-20-32(4)55-44(53)42-46-30(2)24-26-40(57-46)34(6)38(51)28-36(49)22-18-14-9-7-11-15-19-31(3)54-43(52)41-45(29,56-39)60-47(58-41,59-42)61-46/h7-14,29-36,39-42,48-49H,15-28H2,1-6H3/q-1/b11-7-,12-8-,13-10+,14-9+/t29-,30-,31-,32+,33-,34-,35-,36+,39+,40+,41+,42-,45+,46+,47?/m1/s1. The van der Waals surface area contributed by atoms with Gasteiger partial charge in [0.1, 0.15) is 11.6 Å². The molecule has 6 rings (SSSR count). The average Bonchev–Trinajstić information content (AvgIpc) is 3.70. The predicted molar refractivity (Wildman–Crippen MR) is 224 cm³/mol. The van der Waals surface area contributed by atoms with Crippen LogP contribution in [0.1, 0.15) is 131 Å². The van der Waals surface area contributed by atoms with Crippen LogP contribution >= 0.6 is 0 Å². The van der Waals surface area contributed by atoms with E-state index in [0.29, 0.717) is 77.0 Å². The minimum atomic E-state index is -3.51. The van der Waals surface area contributed by atoms with Gasteiger partial charge in [0, 0.05) is 36.5 Å². The van der Waals surface area contributed by atoms with Crippen LogP contribution in [0.2, 0.25) is 0 Å². The van der Waals surface area contributed by atoms with Crippen LogP contribution in [-0.4, -0.2) is 101 Å². The van der Waals surface area contributed by atoms with E-state index in [1.807, 2.05) is 62.5 Å². The Bertz CT molecular complexity index is 1560. The van der Waals surface area contributed by atoms with E-state index in [-0.39, 0.29) is 24.4 Å². The fourth-order valence-corrected chi connectivity index (χ4v) is 9.42. The third-order valence-corrected chi connectivity index (χ3v) is 13.5. The van der Waals surface area contributed by atoms with E-state index in [9.17, 15) is 29.4 Å². The number of ether oxygens (including phenoxy) is 4. The highest BCUT2D eigenvalue weighted by Crippen LogP contribution is 2.55. The summed E-state index contributed by atoms with van der Waals surface area (Å²) in [5, 5.41) is 21.7. The minimum Gasteiger partial charge on any atom is -0.504 e. The molecule has 6 aliphatic heterocycles. The number of aliphatic hydroxyl groups excluding tert-OH is 2. The SMILES string of the molecule is C[C@@H]1CC/C=C\C=C\CC[C@H](O)CC(=O)[C@@H](C)[C@@H]2CC[C@@H](C)[C@]3(O2)O[B-]24O[C@@H]3C(=O)O[C@@H](C)CC/C=C\C=C\CC[C@@H](O)CC(=O)[C@@H](C)[C@@H]3CC[C@@H](C)[C@](O3)(O2)[C@@H](O4)C(=O)O1. The van der Waals surface area contributed by atoms with E-state index < -0.39 is 103 Å². The molecule has 4 fully saturated rings. The normalized spacial score (nSPS) is 46.2. The molecule has 0 aromatic carbocycles. The second kappa shape index (κ2) is 20.7. The van der Waals surface area contributed by atoms with Crippen molar-refractivity contribution in [3.05, 3.63) is 48.6 Å². The summed E-state index contributed by atoms with van der Waals surface area (Å²) in [6.07, 6.45) is 13.6. The number of ketones is 2. The molecule has 0 aromatic heterocycles. The molecule has 3 spiro atoms. The van der Waals surface area contributed by atoms with Crippen LogP contribution in [0, 0.1) is 23.7 Å². The Kier molecular flexibility index (Phi) is 16.1. The fourth-order valence-electron chi connectivity index (χ4n) is 9.42. The quantitative estimate of drug-likeness (QED) is 0.201. The summed E-state index contributed by atoms with van der Waals surface area (Å²) in [6.45, 7) is 7.23. The van der Waals surface area contributed by atoms with Crippen molar-refractivity contribution in [3.8, 4) is 0 Å². The van der Waals surface area contributed by atoms with Crippen molar-refractivity contribution in [2.75, 3.05) is 0 Å². The Morgan fingerprint density at radius 3 is 1.26 bits per heavy atom. The number of carbonyl (C=O) groups excluding carboxylic acids is 4. The van der Waals surface area contributed by atoms with E-state index in [0.717, 1.165) is 0 Å². The number of fused-ring (bicyclic) bond motifs is 4. The molecule has 7 bridgehead atoms. The van der Waals surface area contributed by atoms with Gasteiger partial charge < -0.3 is 47.8 Å². The van der Waals surface area contributed by atoms with Gasteiger partial charge in [-0.25, -0.2) is 9.59 Å². The van der Waals surface area contributed by atoms with Crippen LogP contribution in [-0.2, 0) is 56.7 Å². The van der Waals surface area contributed by atoms with Crippen molar-refractivity contribution >= 4 is 30.5 Å². The molecule has 0 saturated carbocycles. The van der Waals surface area contributed by atoms with Crippen LogP contribution in [0.15, 0.2) is 48.6 Å². The summed E-state index contributed by atoms with van der Waals surface area (Å²) in [5.41, 5.74) is 0. The zero-order chi connectivity index (χ0) is 44.0. The Morgan fingerprint density at radius 2 is 0.885 bits per heavy atom. The van der Waals surface area contributed by atoms with Gasteiger partial charge in [0.2, 0.25) is 0 Å². The van der Waals surface area contributed by atoms with Gasteiger partial charge in [-0.3, -0.25) is 9.59 Å². The molecular formula is C46H68BO14-. The van der Waals surface area contributed by atoms with E-state index in [1.54, 1.807) is 27.7 Å². The van der Waals surface area contributed by atoms with Crippen molar-refractivity contribution in [1.82, 2.24) is 0 Å². The lowest BCUT2D eigenvalue weighted by atomic mass is 9.82. The molecule has 0 aromatic rings. The minimum absolute atomic E-state index is 0.0710. The molecule has 15 heteroatoms. The number of aliphatic hydroxyl groups is 2. The Balaban J connectivity index is 1.43. The number of carbonyl (C=O) groups is 4. The molecule has 1 unspecified atom stereocenters. The average molecular weight is 856 g/mol. The largest absolute Gasteiger partial charge is 0.536 e. The van der Waals surface area contributed by atoms with Crippen LogP contribution < -0.4 is 0 Å². The monoisotopic (exact) mass is 855 g/mol. The van der Waals surface area contributed by atoms with Crippen molar-refractivity contribution in [2.45, 2.75) is 192 Å². The summed E-state index contributed by atoms with van der Waals surface area (Å²) in [5.74, 6) is -8.24. The predicted octanol–water partition coefficient (Wildman–Crippen LogP) is 6.42. The number of Topliss-reactive ketones (excluding diaryl/α,β-unsaturated/α-hetero) is 2. The molecule has 14 nitrogen and oxygen atoms in total. The van der Waals surface area contributed by atoms with Gasteiger partial charge >= 0.3 is 18.9 Å². The molecule has 15 atom stereocenters. The molecule has 61 heavy (non-hydrogen) atoms. The second-order valence-electron chi connectivity index (χ2n) is 18.3. The van der Waals surface area contributed by atoms with E-state index in [4.69, 9.17) is 37.6 Å². The fraction of sp³-hybridized carbons (Fsp3) is 0.739. The molecule has 0 aliphatic carbocycles. The van der Waals surface area contributed by atoms with Gasteiger partial charge in [-0.05, 0) is 90.9 Å². The summed E-state index contributed by atoms with van der Waals surface area (Å²) in [7, 11) is 0. The smallest absolute Gasteiger partial charge is 0.504 e. The maximum atomic E-state index is 14.5. The van der Waals surface area contributed by atoms with Crippen molar-refractivity contribution in [2.24, 2.45) is 23.7 Å². The summed E-state index contributed by atoms with van der Waals surface area (Å²) in [6, 6.07) is 0. The Hall–Kier alpha value is -3.02. The first-order chi connectivity index (χ1) is 29.1. The zero-order valence-electron chi connectivity index (χ0n) is 36.8. The van der Waals surface area contributed by atoms with E-state index in [2.05, 4.69) is 0 Å². The first-order valence-corrected chi connectivity index (χ1v) is 22.8. The zero-order valence-corrected chi connectivity index (χ0v) is 36.8. The highest BCUT2D eigenvalue weighted by molar-refractivity contribution is 6.56. The molecule has 2 N–H and O–H groups in total. The number of hydrogen-bond acceptors (Lipinski definition) is 14. The van der Waals surface area contributed by atoms with Gasteiger partial charge in [-0.15, -0.1) is 0 Å². The second-order valence-corrected chi connectivity index (χ2v) is 18.3. The summed E-state index contributed by atoms with van der Waals surface area (Å²) in [4.78, 5) is 56.4. The van der Waals surface area contributed by atoms with E-state index in [1.165, 1.54) is 0 Å². The molecule has 0 amide bonds. The van der Waals surface area contributed by atoms with Gasteiger partial charge in [-0.2, -0.15) is 0 Å². The number of esters is 2. The first-order valence-electron chi connectivity index (χ1n) is 22.8. The highest BCUT2D eigenvalue weighted by Gasteiger charge is 2.72. The van der Waals surface area contributed by atoms with Crippen molar-refractivity contribution in [1.29, 1.82) is 0 Å². The van der Waals surface area contributed by atoms with Gasteiger partial charge in [0.25, 0.3) is 0 Å². The van der Waals surface area contributed by atoms with Gasteiger partial charge in [0.05, 0.1) is 36.6 Å². The van der Waals surface area contributed by atoms with E-state index >= 15 is 0 Å². The van der Waals surface area contributed by atoms with Crippen molar-refractivity contribution < 1.29 is 67.0 Å². The topological polar surface area (TPSA) is 183 Å². The van der Waals surface area contributed by atoms with Gasteiger partial charge in [0.15, 0.2) is 23.8 Å². The van der Waals surface area contributed by atoms with Crippen LogP contribution in [0.4, 0.5) is 0 Å². The number of cyclic esters (lactones) is 2. The molecule has 6 heterocycles. The maximum Gasteiger partial charge on any atom is 0.536 e. The maximum absolute atomic E-state index is 14.5. The molecule has 340 valence electrons. The summed E-state index contributed by atoms with van der Waals surface area (Å²) < 4.78 is 52.5.